The second kappa shape index (κ2) is 5.33. The van der Waals surface area contributed by atoms with Crippen molar-refractivity contribution in [3.05, 3.63) is 0 Å². The van der Waals surface area contributed by atoms with Gasteiger partial charge in [-0.2, -0.15) is 0 Å². The van der Waals surface area contributed by atoms with Gasteiger partial charge >= 0.3 is 0 Å². The normalized spacial score (nSPS) is 26.8. The van der Waals surface area contributed by atoms with Crippen molar-refractivity contribution in [1.82, 2.24) is 4.90 Å². The molecule has 0 N–H and O–H groups in total. The van der Waals surface area contributed by atoms with Crippen molar-refractivity contribution in [3.63, 3.8) is 0 Å². The van der Waals surface area contributed by atoms with E-state index in [1.54, 1.807) is 0 Å². The summed E-state index contributed by atoms with van der Waals surface area (Å²) in [6.07, 6.45) is 0.725. The fourth-order valence-electron chi connectivity index (χ4n) is 1.65. The maximum atomic E-state index is 11.7. The van der Waals surface area contributed by atoms with Crippen LogP contribution in [0, 0.1) is 0 Å². The van der Waals surface area contributed by atoms with E-state index in [-0.39, 0.29) is 18.1 Å². The monoisotopic (exact) mass is 269 g/mol. The third-order valence-corrected chi connectivity index (χ3v) is 3.35. The minimum absolute atomic E-state index is 0.110. The highest BCUT2D eigenvalue weighted by atomic mass is 35.5. The minimum atomic E-state index is -3.28. The van der Waals surface area contributed by atoms with E-state index in [2.05, 4.69) is 0 Å². The third-order valence-electron chi connectivity index (χ3n) is 2.24. The van der Waals surface area contributed by atoms with Crippen LogP contribution in [-0.4, -0.2) is 62.4 Å². The number of halogens is 1. The van der Waals surface area contributed by atoms with E-state index in [1.807, 2.05) is 6.92 Å². The molecule has 7 heteroatoms. The number of carbonyl (C=O) groups is 1. The third kappa shape index (κ3) is 4.27. The molecule has 2 unspecified atom stereocenters. The Hall–Kier alpha value is -0.330. The molecular weight excluding hydrogens is 254 g/mol. The molecule has 5 nitrogen and oxygen atoms in total. The first-order valence-electron chi connectivity index (χ1n) is 4.98. The van der Waals surface area contributed by atoms with Crippen LogP contribution >= 0.6 is 11.6 Å². The Balaban J connectivity index is 2.62. The van der Waals surface area contributed by atoms with Crippen LogP contribution < -0.4 is 0 Å². The smallest absolute Gasteiger partial charge is 0.237 e. The molecule has 0 aliphatic carbocycles. The van der Waals surface area contributed by atoms with Crippen molar-refractivity contribution in [2.75, 3.05) is 31.0 Å². The highest BCUT2D eigenvalue weighted by Crippen LogP contribution is 2.12. The average molecular weight is 270 g/mol. The van der Waals surface area contributed by atoms with Gasteiger partial charge < -0.3 is 9.64 Å². The lowest BCUT2D eigenvalue weighted by Crippen LogP contribution is -2.51. The van der Waals surface area contributed by atoms with E-state index in [9.17, 15) is 13.2 Å². The van der Waals surface area contributed by atoms with Crippen LogP contribution in [0.1, 0.15) is 6.92 Å². The first kappa shape index (κ1) is 13.7. The van der Waals surface area contributed by atoms with Gasteiger partial charge in [-0.15, -0.1) is 11.6 Å². The lowest BCUT2D eigenvalue weighted by atomic mass is 10.2. The maximum absolute atomic E-state index is 11.7. The molecular formula is C9H16ClNO4S. The van der Waals surface area contributed by atoms with E-state index >= 15 is 0 Å². The van der Waals surface area contributed by atoms with Crippen molar-refractivity contribution < 1.29 is 17.9 Å². The number of nitrogens with zero attached hydrogens (tertiary/aromatic N) is 1. The predicted octanol–water partition coefficient (Wildman–Crippen LogP) is -0.114. The molecule has 0 aromatic heterocycles. The molecule has 0 aromatic rings. The standard InChI is InChI=1S/C9H16ClNO4S/c1-7-4-11(5-8(3-10)15-7)9(12)6-16(2,13)14/h7-8H,3-6H2,1-2H3. The van der Waals surface area contributed by atoms with Crippen LogP contribution in [-0.2, 0) is 19.4 Å². The summed E-state index contributed by atoms with van der Waals surface area (Å²) >= 11 is 5.67. The van der Waals surface area contributed by atoms with Gasteiger partial charge in [-0.25, -0.2) is 8.42 Å². The first-order valence-corrected chi connectivity index (χ1v) is 7.58. The zero-order valence-corrected chi connectivity index (χ0v) is 10.9. The lowest BCUT2D eigenvalue weighted by Gasteiger charge is -2.35. The van der Waals surface area contributed by atoms with Crippen molar-refractivity contribution >= 4 is 27.3 Å². The number of hydrogen-bond acceptors (Lipinski definition) is 4. The summed E-state index contributed by atoms with van der Waals surface area (Å²) in [7, 11) is -3.28. The molecule has 1 rings (SSSR count). The fraction of sp³-hybridized carbons (Fsp3) is 0.889. The molecule has 2 atom stereocenters. The molecule has 1 heterocycles. The van der Waals surface area contributed by atoms with Crippen LogP contribution in [0.25, 0.3) is 0 Å². The molecule has 1 aliphatic heterocycles. The van der Waals surface area contributed by atoms with Gasteiger partial charge in [0, 0.05) is 19.3 Å². The summed E-state index contributed by atoms with van der Waals surface area (Å²) in [5.41, 5.74) is 0. The number of amides is 1. The van der Waals surface area contributed by atoms with Gasteiger partial charge in [0.05, 0.1) is 18.1 Å². The molecule has 0 aromatic carbocycles. The molecule has 16 heavy (non-hydrogen) atoms. The number of alkyl halides is 1. The van der Waals surface area contributed by atoms with E-state index in [4.69, 9.17) is 16.3 Å². The van der Waals surface area contributed by atoms with Gasteiger partial charge in [-0.3, -0.25) is 4.79 Å². The van der Waals surface area contributed by atoms with Crippen LogP contribution in [0.2, 0.25) is 0 Å². The zero-order valence-electron chi connectivity index (χ0n) is 9.35. The number of ether oxygens (including phenoxy) is 1. The fourth-order valence-corrected chi connectivity index (χ4v) is 2.45. The average Bonchev–Trinajstić information content (AvgIpc) is 2.14. The Bertz CT molecular complexity index is 357. The van der Waals surface area contributed by atoms with Crippen LogP contribution in [0.5, 0.6) is 0 Å². The topological polar surface area (TPSA) is 63.7 Å². The van der Waals surface area contributed by atoms with Crippen LogP contribution in [0.3, 0.4) is 0 Å². The molecule has 1 aliphatic rings. The SMILES string of the molecule is CC1CN(C(=O)CS(C)(=O)=O)CC(CCl)O1. The molecule has 94 valence electrons. The molecule has 0 radical (unpaired) electrons. The van der Waals surface area contributed by atoms with Crippen LogP contribution in [0.15, 0.2) is 0 Å². The van der Waals surface area contributed by atoms with Gasteiger partial charge in [-0.05, 0) is 6.92 Å². The van der Waals surface area contributed by atoms with E-state index < -0.39 is 15.6 Å². The summed E-state index contributed by atoms with van der Waals surface area (Å²) < 4.78 is 27.5. The summed E-state index contributed by atoms with van der Waals surface area (Å²) in [5, 5.41) is 0. The minimum Gasteiger partial charge on any atom is -0.370 e. The highest BCUT2D eigenvalue weighted by molar-refractivity contribution is 7.91. The van der Waals surface area contributed by atoms with Gasteiger partial charge in [-0.1, -0.05) is 0 Å². The quantitative estimate of drug-likeness (QED) is 0.671. The molecule has 0 spiro atoms. The van der Waals surface area contributed by atoms with Gasteiger partial charge in [0.1, 0.15) is 5.75 Å². The highest BCUT2D eigenvalue weighted by Gasteiger charge is 2.29. The number of rotatable bonds is 3. The number of hydrogen-bond donors (Lipinski definition) is 0. The summed E-state index contributed by atoms with van der Waals surface area (Å²) in [6.45, 7) is 2.61. The first-order chi connectivity index (χ1) is 7.31. The van der Waals surface area contributed by atoms with Crippen molar-refractivity contribution in [2.24, 2.45) is 0 Å². The second-order valence-electron chi connectivity index (χ2n) is 4.09. The predicted molar refractivity (Wildman–Crippen MR) is 61.3 cm³/mol. The summed E-state index contributed by atoms with van der Waals surface area (Å²) in [5.74, 6) is -0.533. The zero-order chi connectivity index (χ0) is 12.3. The van der Waals surface area contributed by atoms with Crippen molar-refractivity contribution in [1.29, 1.82) is 0 Å². The number of sulfone groups is 1. The Morgan fingerprint density at radius 1 is 1.50 bits per heavy atom. The largest absolute Gasteiger partial charge is 0.370 e. The molecule has 1 saturated heterocycles. The van der Waals surface area contributed by atoms with Crippen molar-refractivity contribution in [2.45, 2.75) is 19.1 Å². The van der Waals surface area contributed by atoms with Crippen molar-refractivity contribution in [3.8, 4) is 0 Å². The molecule has 0 saturated carbocycles. The van der Waals surface area contributed by atoms with E-state index in [0.29, 0.717) is 19.0 Å². The van der Waals surface area contributed by atoms with E-state index in [1.165, 1.54) is 4.90 Å². The van der Waals surface area contributed by atoms with Gasteiger partial charge in [0.2, 0.25) is 5.91 Å². The summed E-state index contributed by atoms with van der Waals surface area (Å²) in [4.78, 5) is 13.2. The number of morpholine rings is 1. The van der Waals surface area contributed by atoms with Gasteiger partial charge in [0.15, 0.2) is 9.84 Å². The molecule has 0 bridgehead atoms. The Morgan fingerprint density at radius 2 is 2.12 bits per heavy atom. The Kier molecular flexibility index (Phi) is 4.58. The second-order valence-corrected chi connectivity index (χ2v) is 6.54. The number of carbonyl (C=O) groups excluding carboxylic acids is 1. The molecule has 1 amide bonds. The lowest BCUT2D eigenvalue weighted by molar-refractivity contribution is -0.140. The maximum Gasteiger partial charge on any atom is 0.237 e. The molecule has 1 fully saturated rings. The Morgan fingerprint density at radius 3 is 2.62 bits per heavy atom. The van der Waals surface area contributed by atoms with Crippen LogP contribution in [0.4, 0.5) is 0 Å². The Labute approximate surface area is 101 Å². The van der Waals surface area contributed by atoms with Gasteiger partial charge in [0.25, 0.3) is 0 Å². The van der Waals surface area contributed by atoms with E-state index in [0.717, 1.165) is 6.26 Å². The summed E-state index contributed by atoms with van der Waals surface area (Å²) in [6, 6.07) is 0.